The largest absolute Gasteiger partial charge is 0.450 e. The molecule has 0 aliphatic carbocycles. The van der Waals surface area contributed by atoms with E-state index in [2.05, 4.69) is 24.3 Å². The van der Waals surface area contributed by atoms with Gasteiger partial charge in [0, 0.05) is 12.3 Å². The lowest BCUT2D eigenvalue weighted by molar-refractivity contribution is -0.160. The summed E-state index contributed by atoms with van der Waals surface area (Å²) >= 11 is 0. The topological polar surface area (TPSA) is 46.6 Å². The van der Waals surface area contributed by atoms with Gasteiger partial charge in [-0.2, -0.15) is 0 Å². The van der Waals surface area contributed by atoms with E-state index in [1.165, 1.54) is 6.92 Å². The molecule has 0 bridgehead atoms. The Hall–Kier alpha value is -3.66. The van der Waals surface area contributed by atoms with Gasteiger partial charge in [-0.3, -0.25) is 14.5 Å². The predicted octanol–water partition coefficient (Wildman–Crippen LogP) is 5.01. The monoisotopic (exact) mass is 381 g/mol. The zero-order chi connectivity index (χ0) is 20.0. The highest BCUT2D eigenvalue weighted by Gasteiger charge is 2.51. The van der Waals surface area contributed by atoms with Crippen molar-refractivity contribution in [3.05, 3.63) is 90.5 Å². The highest BCUT2D eigenvalue weighted by molar-refractivity contribution is 6.18. The molecule has 1 aliphatic heterocycles. The standard InChI is InChI=1S/C25H19NO3/c1-16(27)29-24-23(17-9-3-2-4-10-17)26(25(24)28)22-15-18-11-5-6-12-19(18)20-13-7-8-14-21(20)22/h2-15,23-24H,1H3/t23-,24-/m0/s1. The summed E-state index contributed by atoms with van der Waals surface area (Å²) in [5, 5.41) is 4.31. The number of nitrogens with zero attached hydrogens (tertiary/aromatic N) is 1. The zero-order valence-corrected chi connectivity index (χ0v) is 15.9. The molecule has 4 nitrogen and oxygen atoms in total. The van der Waals surface area contributed by atoms with Crippen molar-refractivity contribution in [1.82, 2.24) is 0 Å². The van der Waals surface area contributed by atoms with Gasteiger partial charge in [0.2, 0.25) is 6.10 Å². The summed E-state index contributed by atoms with van der Waals surface area (Å²) in [6.07, 6.45) is -0.805. The molecule has 29 heavy (non-hydrogen) atoms. The number of esters is 1. The molecule has 2 atom stereocenters. The number of rotatable bonds is 3. The van der Waals surface area contributed by atoms with Gasteiger partial charge in [0.25, 0.3) is 5.91 Å². The van der Waals surface area contributed by atoms with E-state index in [9.17, 15) is 9.59 Å². The van der Waals surface area contributed by atoms with Crippen molar-refractivity contribution in [3.63, 3.8) is 0 Å². The van der Waals surface area contributed by atoms with Crippen LogP contribution in [0.5, 0.6) is 0 Å². The van der Waals surface area contributed by atoms with E-state index in [0.29, 0.717) is 0 Å². The van der Waals surface area contributed by atoms with Crippen molar-refractivity contribution < 1.29 is 14.3 Å². The molecule has 0 aromatic heterocycles. The maximum Gasteiger partial charge on any atom is 0.303 e. The summed E-state index contributed by atoms with van der Waals surface area (Å²) in [5.41, 5.74) is 1.78. The molecule has 0 saturated carbocycles. The van der Waals surface area contributed by atoms with Crippen LogP contribution in [0.4, 0.5) is 5.69 Å². The van der Waals surface area contributed by atoms with Crippen molar-refractivity contribution in [3.8, 4) is 0 Å². The second-order valence-electron chi connectivity index (χ2n) is 7.26. The van der Waals surface area contributed by atoms with Crippen LogP contribution >= 0.6 is 0 Å². The molecular formula is C25H19NO3. The highest BCUT2D eigenvalue weighted by Crippen LogP contribution is 2.45. The maximum atomic E-state index is 13.1. The van der Waals surface area contributed by atoms with Crippen LogP contribution in [0, 0.1) is 0 Å². The van der Waals surface area contributed by atoms with Gasteiger partial charge in [0.1, 0.15) is 6.04 Å². The van der Waals surface area contributed by atoms with Gasteiger partial charge in [-0.15, -0.1) is 0 Å². The molecule has 0 radical (unpaired) electrons. The number of benzene rings is 4. The van der Waals surface area contributed by atoms with Gasteiger partial charge in [0.05, 0.1) is 5.69 Å². The highest BCUT2D eigenvalue weighted by atomic mass is 16.6. The average Bonchev–Trinajstić information content (AvgIpc) is 2.76. The molecule has 4 aromatic carbocycles. The molecule has 0 N–H and O–H groups in total. The average molecular weight is 381 g/mol. The zero-order valence-electron chi connectivity index (χ0n) is 15.9. The van der Waals surface area contributed by atoms with Crippen LogP contribution in [0.25, 0.3) is 21.5 Å². The predicted molar refractivity (Wildman–Crippen MR) is 114 cm³/mol. The quantitative estimate of drug-likeness (QED) is 0.285. The third-order valence-electron chi connectivity index (χ3n) is 5.49. The third kappa shape index (κ3) is 2.76. The Labute approximate surface area is 168 Å². The first kappa shape index (κ1) is 17.4. The minimum Gasteiger partial charge on any atom is -0.450 e. The van der Waals surface area contributed by atoms with Crippen LogP contribution in [0.15, 0.2) is 84.9 Å². The van der Waals surface area contributed by atoms with E-state index in [1.54, 1.807) is 4.90 Å². The van der Waals surface area contributed by atoms with Crippen molar-refractivity contribution in [2.75, 3.05) is 4.90 Å². The molecule has 1 amide bonds. The maximum absolute atomic E-state index is 13.1. The molecule has 1 saturated heterocycles. The summed E-state index contributed by atoms with van der Waals surface area (Å²) in [7, 11) is 0. The SMILES string of the molecule is CC(=O)O[C@@H]1C(=O)N(c2cc3ccccc3c3ccccc23)[C@H]1c1ccccc1. The number of hydrogen-bond donors (Lipinski definition) is 0. The van der Waals surface area contributed by atoms with E-state index in [4.69, 9.17) is 4.74 Å². The van der Waals surface area contributed by atoms with E-state index in [1.807, 2.05) is 60.7 Å². The van der Waals surface area contributed by atoms with Gasteiger partial charge >= 0.3 is 5.97 Å². The third-order valence-corrected chi connectivity index (χ3v) is 5.49. The molecule has 4 aromatic rings. The Morgan fingerprint density at radius 1 is 0.828 bits per heavy atom. The smallest absolute Gasteiger partial charge is 0.303 e. The molecule has 1 heterocycles. The van der Waals surface area contributed by atoms with Crippen LogP contribution in [0.2, 0.25) is 0 Å². The summed E-state index contributed by atoms with van der Waals surface area (Å²) in [6.45, 7) is 1.34. The van der Waals surface area contributed by atoms with Crippen LogP contribution < -0.4 is 4.90 Å². The molecule has 5 rings (SSSR count). The first-order valence-corrected chi connectivity index (χ1v) is 9.61. The van der Waals surface area contributed by atoms with Crippen LogP contribution in [-0.2, 0) is 14.3 Å². The number of carbonyl (C=O) groups is 2. The fourth-order valence-electron chi connectivity index (χ4n) is 4.23. The lowest BCUT2D eigenvalue weighted by Crippen LogP contribution is -2.60. The van der Waals surface area contributed by atoms with Gasteiger partial charge < -0.3 is 4.74 Å². The van der Waals surface area contributed by atoms with Gasteiger partial charge in [-0.25, -0.2) is 0 Å². The molecule has 0 spiro atoms. The first-order chi connectivity index (χ1) is 14.1. The minimum atomic E-state index is -0.805. The van der Waals surface area contributed by atoms with E-state index >= 15 is 0 Å². The Morgan fingerprint density at radius 2 is 1.45 bits per heavy atom. The Kier molecular flexibility index (Phi) is 4.06. The Bertz CT molecular complexity index is 1250. The van der Waals surface area contributed by atoms with Gasteiger partial charge in [-0.1, -0.05) is 78.9 Å². The molecule has 1 fully saturated rings. The lowest BCUT2D eigenvalue weighted by Gasteiger charge is -2.46. The summed E-state index contributed by atoms with van der Waals surface area (Å²) in [4.78, 5) is 26.5. The summed E-state index contributed by atoms with van der Waals surface area (Å²) in [6, 6.07) is 27.7. The molecule has 1 aliphatic rings. The number of carbonyl (C=O) groups excluding carboxylic acids is 2. The van der Waals surface area contributed by atoms with E-state index in [-0.39, 0.29) is 11.9 Å². The van der Waals surface area contributed by atoms with Gasteiger partial charge in [-0.05, 0) is 27.8 Å². The minimum absolute atomic E-state index is 0.200. The van der Waals surface area contributed by atoms with Crippen LogP contribution in [0.1, 0.15) is 18.5 Å². The second-order valence-corrected chi connectivity index (χ2v) is 7.26. The molecule has 142 valence electrons. The fraction of sp³-hybridized carbons (Fsp3) is 0.120. The fourth-order valence-corrected chi connectivity index (χ4v) is 4.23. The number of anilines is 1. The van der Waals surface area contributed by atoms with Crippen molar-refractivity contribution in [2.45, 2.75) is 19.1 Å². The van der Waals surface area contributed by atoms with E-state index < -0.39 is 12.1 Å². The first-order valence-electron chi connectivity index (χ1n) is 9.61. The number of hydrogen-bond acceptors (Lipinski definition) is 3. The molecular weight excluding hydrogens is 362 g/mol. The molecule has 0 unspecified atom stereocenters. The molecule has 4 heteroatoms. The lowest BCUT2D eigenvalue weighted by atomic mass is 9.88. The van der Waals surface area contributed by atoms with Crippen molar-refractivity contribution in [1.29, 1.82) is 0 Å². The van der Waals surface area contributed by atoms with Gasteiger partial charge in [0.15, 0.2) is 0 Å². The number of β-lactam (4-membered cyclic amide) rings is 1. The van der Waals surface area contributed by atoms with Crippen molar-refractivity contribution in [2.24, 2.45) is 0 Å². The van der Waals surface area contributed by atoms with E-state index in [0.717, 1.165) is 32.8 Å². The summed E-state index contributed by atoms with van der Waals surface area (Å²) < 4.78 is 5.39. The second kappa shape index (κ2) is 6.74. The normalized spacial score (nSPS) is 18.7. The summed E-state index contributed by atoms with van der Waals surface area (Å²) in [5.74, 6) is -0.651. The number of fused-ring (bicyclic) bond motifs is 3. The number of amides is 1. The number of ether oxygens (including phenoxy) is 1. The Balaban J connectivity index is 1.72. The van der Waals surface area contributed by atoms with Crippen molar-refractivity contribution >= 4 is 39.1 Å². The van der Waals surface area contributed by atoms with Crippen LogP contribution in [-0.4, -0.2) is 18.0 Å². The van der Waals surface area contributed by atoms with Crippen LogP contribution in [0.3, 0.4) is 0 Å². The Morgan fingerprint density at radius 3 is 2.17 bits per heavy atom.